The Morgan fingerprint density at radius 3 is 1.86 bits per heavy atom. The van der Waals surface area contributed by atoms with Gasteiger partial charge in [0.1, 0.15) is 0 Å². The molecule has 14 heavy (non-hydrogen) atoms. The first-order valence-electron chi connectivity index (χ1n) is 6.18. The Morgan fingerprint density at radius 2 is 1.29 bits per heavy atom. The second-order valence-electron chi connectivity index (χ2n) is 5.22. The molecule has 2 saturated carbocycles. The van der Waals surface area contributed by atoms with Crippen LogP contribution in [0.15, 0.2) is 0 Å². The van der Waals surface area contributed by atoms with Gasteiger partial charge in [-0.15, -0.1) is 0 Å². The van der Waals surface area contributed by atoms with Crippen molar-refractivity contribution < 1.29 is 0 Å². The van der Waals surface area contributed by atoms with Crippen LogP contribution in [0, 0.1) is 24.2 Å². The molecule has 0 N–H and O–H groups in total. The Bertz CT molecular complexity index is 141. The molecule has 0 radical (unpaired) electrons. The first-order chi connectivity index (χ1) is 6.36. The standard InChI is InChI=1S/C13H23.Rf/c1-11-7-9-13(10-8-11)12-5-3-2-4-6-12;/h2,11-13H,3-10H2,1H3;/q-1;. The van der Waals surface area contributed by atoms with Crippen LogP contribution in [0.5, 0.6) is 0 Å². The quantitative estimate of drug-likeness (QED) is 0.530. The fraction of sp³-hybridized carbons (Fsp3) is 0.923. The van der Waals surface area contributed by atoms with Gasteiger partial charge in [-0.1, -0.05) is 32.6 Å². The van der Waals surface area contributed by atoms with Crippen LogP contribution in [0.1, 0.15) is 58.3 Å². The van der Waals surface area contributed by atoms with E-state index in [4.69, 9.17) is 0 Å². The van der Waals surface area contributed by atoms with Gasteiger partial charge in [0.05, 0.1) is 0 Å². The first-order valence-corrected chi connectivity index (χ1v) is 6.18. The zero-order valence-electron chi connectivity index (χ0n) is 9.67. The average Bonchev–Trinajstić information content (AvgIpc) is 2.20. The molecule has 78 valence electrons. The maximum Gasteiger partial charge on any atom is 0 e. The Kier molecular flexibility index (Phi) is 3.98. The Labute approximate surface area is 83.1 Å². The monoisotopic (exact) mass is 446 g/mol. The van der Waals surface area contributed by atoms with Crippen LogP contribution in [0.4, 0.5) is 0 Å². The van der Waals surface area contributed by atoms with Crippen LogP contribution in [0.3, 0.4) is 0 Å². The summed E-state index contributed by atoms with van der Waals surface area (Å²) >= 11 is 0. The van der Waals surface area contributed by atoms with Crippen molar-refractivity contribution in [2.75, 3.05) is 0 Å². The summed E-state index contributed by atoms with van der Waals surface area (Å²) < 4.78 is 0. The summed E-state index contributed by atoms with van der Waals surface area (Å²) in [6.45, 7) is 2.42. The van der Waals surface area contributed by atoms with Gasteiger partial charge in [0.25, 0.3) is 0 Å². The predicted octanol–water partition coefficient (Wildman–Crippen LogP) is 4.21. The third-order valence-corrected chi connectivity index (χ3v) is 4.21. The van der Waals surface area contributed by atoms with E-state index in [0.717, 1.165) is 17.8 Å². The molecular weight excluding hydrogens is 423 g/mol. The van der Waals surface area contributed by atoms with Gasteiger partial charge in [0, 0.05) is 0 Å². The normalized spacial score (nSPS) is 34.9. The summed E-state index contributed by atoms with van der Waals surface area (Å²) in [5, 5.41) is 0. The molecule has 0 heterocycles. The third-order valence-electron chi connectivity index (χ3n) is 4.21. The summed E-state index contributed by atoms with van der Waals surface area (Å²) in [5.74, 6) is 3.22. The molecule has 1 heteroatoms. The second kappa shape index (κ2) is 5.02. The molecule has 0 saturated heterocycles. The number of rotatable bonds is 1. The summed E-state index contributed by atoms with van der Waals surface area (Å²) in [7, 11) is 0. The van der Waals surface area contributed by atoms with E-state index < -0.39 is 0 Å². The SMILES string of the molecule is CC1CCC(C2CC[CH-]CC2)CC1.[Rf]. The maximum absolute atomic E-state index is 2.49. The topological polar surface area (TPSA) is 0 Å². The van der Waals surface area contributed by atoms with Crippen LogP contribution in [-0.2, 0) is 0 Å². The molecule has 0 spiro atoms. The van der Waals surface area contributed by atoms with E-state index in [2.05, 4.69) is 13.3 Å². The molecular formula is C13H23Rf-. The summed E-state index contributed by atoms with van der Waals surface area (Å²) in [6.07, 6.45) is 14.4. The largest absolute Gasteiger partial charge is 0.328 e. The molecule has 0 aliphatic heterocycles. The van der Waals surface area contributed by atoms with Crippen molar-refractivity contribution in [3.8, 4) is 0 Å². The van der Waals surface area contributed by atoms with Crippen LogP contribution >= 0.6 is 0 Å². The molecule has 2 aliphatic carbocycles. The number of hydrogen-bond donors (Lipinski definition) is 0. The van der Waals surface area contributed by atoms with Crippen LogP contribution in [0.2, 0.25) is 0 Å². The van der Waals surface area contributed by atoms with Gasteiger partial charge in [-0.2, -0.15) is 12.8 Å². The molecule has 2 aliphatic rings. The zero-order chi connectivity index (χ0) is 9.10. The van der Waals surface area contributed by atoms with Gasteiger partial charge in [0.2, 0.25) is 0 Å². The zero-order valence-corrected chi connectivity index (χ0v) is 16.1. The molecule has 0 amide bonds. The average molecular weight is 446 g/mol. The molecule has 0 aromatic heterocycles. The van der Waals surface area contributed by atoms with Gasteiger partial charge in [0.15, 0.2) is 0 Å². The van der Waals surface area contributed by atoms with Crippen molar-refractivity contribution in [3.05, 3.63) is 6.42 Å². The molecule has 0 unspecified atom stereocenters. The minimum atomic E-state index is 0. The molecule has 2 fully saturated rings. The first kappa shape index (κ1) is 11.1. The van der Waals surface area contributed by atoms with E-state index in [9.17, 15) is 0 Å². The summed E-state index contributed by atoms with van der Waals surface area (Å²) in [5.41, 5.74) is 0. The van der Waals surface area contributed by atoms with Gasteiger partial charge < -0.3 is 6.42 Å². The van der Waals surface area contributed by atoms with Crippen LogP contribution < -0.4 is 0 Å². The Morgan fingerprint density at radius 1 is 0.786 bits per heavy atom. The molecule has 0 bridgehead atoms. The Balaban J connectivity index is 0.000000980. The third kappa shape index (κ3) is 2.49. The van der Waals surface area contributed by atoms with Crippen molar-refractivity contribution in [2.24, 2.45) is 17.8 Å². The van der Waals surface area contributed by atoms with Crippen molar-refractivity contribution >= 4 is 0 Å². The van der Waals surface area contributed by atoms with E-state index >= 15 is 0 Å². The minimum Gasteiger partial charge on any atom is -0.328 e. The van der Waals surface area contributed by atoms with Gasteiger partial charge >= 0.3 is 0 Å². The van der Waals surface area contributed by atoms with E-state index in [1.165, 1.54) is 51.4 Å². The predicted molar refractivity (Wildman–Crippen MR) is 57.4 cm³/mol. The van der Waals surface area contributed by atoms with E-state index in [0.29, 0.717) is 0 Å². The van der Waals surface area contributed by atoms with Gasteiger partial charge in [-0.25, -0.2) is 0 Å². The van der Waals surface area contributed by atoms with Crippen LogP contribution in [-0.4, -0.2) is 0 Å². The van der Waals surface area contributed by atoms with Crippen molar-refractivity contribution in [3.63, 3.8) is 0 Å². The molecule has 0 atom stereocenters. The molecule has 0 aromatic rings. The fourth-order valence-corrected chi connectivity index (χ4v) is 3.18. The van der Waals surface area contributed by atoms with E-state index in [-0.39, 0.29) is 0 Å². The van der Waals surface area contributed by atoms with Crippen molar-refractivity contribution in [1.82, 2.24) is 0 Å². The van der Waals surface area contributed by atoms with Gasteiger partial charge in [-0.3, -0.25) is 0 Å². The number of hydrogen-bond acceptors (Lipinski definition) is 0. The maximum atomic E-state index is 2.49. The summed E-state index contributed by atoms with van der Waals surface area (Å²) in [4.78, 5) is 0. The van der Waals surface area contributed by atoms with Crippen molar-refractivity contribution in [1.29, 1.82) is 0 Å². The molecule has 0 nitrogen and oxygen atoms in total. The molecule has 2 rings (SSSR count). The minimum absolute atomic E-state index is 0. The van der Waals surface area contributed by atoms with Crippen molar-refractivity contribution in [2.45, 2.75) is 58.3 Å². The molecule has 0 aromatic carbocycles. The fourth-order valence-electron chi connectivity index (χ4n) is 3.18. The van der Waals surface area contributed by atoms with Gasteiger partial charge in [-0.05, 0) is 30.6 Å². The second-order valence-corrected chi connectivity index (χ2v) is 5.22. The smallest absolute Gasteiger partial charge is 0 e. The van der Waals surface area contributed by atoms with E-state index in [1.807, 2.05) is 0 Å². The Hall–Kier alpha value is -1.00. The summed E-state index contributed by atoms with van der Waals surface area (Å²) in [6, 6.07) is 0. The van der Waals surface area contributed by atoms with Crippen LogP contribution in [0.25, 0.3) is 0 Å². The van der Waals surface area contributed by atoms with E-state index in [1.54, 1.807) is 0 Å².